The number of nitrogens with zero attached hydrogens (tertiary/aromatic N) is 4. The van der Waals surface area contributed by atoms with Crippen molar-refractivity contribution in [3.05, 3.63) is 48.0 Å². The predicted molar refractivity (Wildman–Crippen MR) is 96.6 cm³/mol. The molecule has 0 saturated carbocycles. The van der Waals surface area contributed by atoms with E-state index in [-0.39, 0.29) is 11.9 Å². The molecule has 0 bridgehead atoms. The quantitative estimate of drug-likeness (QED) is 0.797. The Hall–Kier alpha value is -2.63. The molecule has 0 aliphatic carbocycles. The monoisotopic (exact) mass is 337 g/mol. The molecule has 1 aliphatic heterocycles. The average Bonchev–Trinajstić information content (AvgIpc) is 3.28. The van der Waals surface area contributed by atoms with E-state index in [4.69, 9.17) is 0 Å². The van der Waals surface area contributed by atoms with E-state index in [1.165, 1.54) is 5.69 Å². The molecule has 1 N–H and O–H groups in total. The van der Waals surface area contributed by atoms with Crippen molar-refractivity contribution < 1.29 is 4.79 Å². The minimum absolute atomic E-state index is 0.0748. The van der Waals surface area contributed by atoms with Gasteiger partial charge in [-0.05, 0) is 44.9 Å². The number of aromatic nitrogens is 4. The maximum atomic E-state index is 12.8. The van der Waals surface area contributed by atoms with E-state index >= 15 is 0 Å². The van der Waals surface area contributed by atoms with E-state index in [1.807, 2.05) is 34.1 Å². The van der Waals surface area contributed by atoms with Gasteiger partial charge >= 0.3 is 0 Å². The molecule has 6 nitrogen and oxygen atoms in total. The summed E-state index contributed by atoms with van der Waals surface area (Å²) in [6, 6.07) is 6.35. The first-order chi connectivity index (χ1) is 12.1. The molecule has 0 radical (unpaired) electrons. The Kier molecular flexibility index (Phi) is 4.03. The summed E-state index contributed by atoms with van der Waals surface area (Å²) in [5, 5.41) is 4.29. The summed E-state index contributed by atoms with van der Waals surface area (Å²) in [6.07, 6.45) is 7.44. The van der Waals surface area contributed by atoms with Gasteiger partial charge in [-0.1, -0.05) is 0 Å². The van der Waals surface area contributed by atoms with Crippen molar-refractivity contribution >= 4 is 16.9 Å². The number of piperidine rings is 1. The summed E-state index contributed by atoms with van der Waals surface area (Å²) >= 11 is 0. The SMILES string of the molecule is CC(C)n1cc(C(=O)N2CCCC(c3cc4ncccc4[nH]3)C2)cn1. The van der Waals surface area contributed by atoms with Crippen molar-refractivity contribution in [1.82, 2.24) is 24.6 Å². The summed E-state index contributed by atoms with van der Waals surface area (Å²) in [5.74, 6) is 0.401. The zero-order valence-electron chi connectivity index (χ0n) is 14.6. The van der Waals surface area contributed by atoms with Gasteiger partial charge in [0.05, 0.1) is 22.8 Å². The molecule has 0 spiro atoms. The van der Waals surface area contributed by atoms with Crippen LogP contribution in [0.25, 0.3) is 11.0 Å². The van der Waals surface area contributed by atoms with Crippen LogP contribution in [0.3, 0.4) is 0 Å². The van der Waals surface area contributed by atoms with Crippen LogP contribution in [-0.4, -0.2) is 43.6 Å². The van der Waals surface area contributed by atoms with Gasteiger partial charge in [0, 0.05) is 43.1 Å². The minimum Gasteiger partial charge on any atom is -0.357 e. The number of amides is 1. The van der Waals surface area contributed by atoms with Crippen molar-refractivity contribution in [2.45, 2.75) is 38.6 Å². The van der Waals surface area contributed by atoms with Gasteiger partial charge in [0.2, 0.25) is 0 Å². The molecular weight excluding hydrogens is 314 g/mol. The highest BCUT2D eigenvalue weighted by atomic mass is 16.2. The highest BCUT2D eigenvalue weighted by Gasteiger charge is 2.27. The molecule has 4 rings (SSSR count). The molecule has 1 aliphatic rings. The fraction of sp³-hybridized carbons (Fsp3) is 0.421. The lowest BCUT2D eigenvalue weighted by Crippen LogP contribution is -2.39. The number of carbonyl (C=O) groups is 1. The van der Waals surface area contributed by atoms with E-state index in [0.29, 0.717) is 11.5 Å². The number of H-pyrrole nitrogens is 1. The molecule has 3 aromatic heterocycles. The Morgan fingerprint density at radius 1 is 1.40 bits per heavy atom. The summed E-state index contributed by atoms with van der Waals surface area (Å²) < 4.78 is 1.83. The zero-order valence-corrected chi connectivity index (χ0v) is 14.6. The van der Waals surface area contributed by atoms with E-state index < -0.39 is 0 Å². The normalized spacial score (nSPS) is 18.2. The van der Waals surface area contributed by atoms with Crippen LogP contribution in [0.2, 0.25) is 0 Å². The Bertz CT molecular complexity index is 861. The number of hydrogen-bond acceptors (Lipinski definition) is 3. The summed E-state index contributed by atoms with van der Waals surface area (Å²) in [7, 11) is 0. The second-order valence-electron chi connectivity index (χ2n) is 7.05. The van der Waals surface area contributed by atoms with Crippen molar-refractivity contribution in [3.63, 3.8) is 0 Å². The van der Waals surface area contributed by atoms with Gasteiger partial charge in [-0.15, -0.1) is 0 Å². The lowest BCUT2D eigenvalue weighted by molar-refractivity contribution is 0.0706. The number of rotatable bonds is 3. The molecule has 4 heterocycles. The van der Waals surface area contributed by atoms with Crippen LogP contribution in [0.4, 0.5) is 0 Å². The van der Waals surface area contributed by atoms with Crippen LogP contribution in [0, 0.1) is 0 Å². The fourth-order valence-corrected chi connectivity index (χ4v) is 3.53. The standard InChI is InChI=1S/C19H23N5O/c1-13(2)24-12-15(10-21-24)19(25)23-8-4-5-14(11-23)17-9-18-16(22-17)6-3-7-20-18/h3,6-7,9-10,12-14,22H,4-5,8,11H2,1-2H3. The second kappa shape index (κ2) is 6.35. The smallest absolute Gasteiger partial charge is 0.257 e. The Morgan fingerprint density at radius 3 is 3.04 bits per heavy atom. The van der Waals surface area contributed by atoms with E-state index in [2.05, 4.69) is 35.0 Å². The number of likely N-dealkylation sites (tertiary alicyclic amines) is 1. The molecule has 3 aromatic rings. The Balaban J connectivity index is 1.52. The fourth-order valence-electron chi connectivity index (χ4n) is 3.53. The maximum Gasteiger partial charge on any atom is 0.257 e. The molecule has 1 atom stereocenters. The molecule has 1 fully saturated rings. The first kappa shape index (κ1) is 15.9. The van der Waals surface area contributed by atoms with E-state index in [9.17, 15) is 4.79 Å². The van der Waals surface area contributed by atoms with E-state index in [0.717, 1.165) is 37.0 Å². The average molecular weight is 337 g/mol. The van der Waals surface area contributed by atoms with Crippen molar-refractivity contribution in [1.29, 1.82) is 0 Å². The number of aromatic amines is 1. The Labute approximate surface area is 146 Å². The molecule has 6 heteroatoms. The van der Waals surface area contributed by atoms with Crippen molar-refractivity contribution in [3.8, 4) is 0 Å². The van der Waals surface area contributed by atoms with Crippen molar-refractivity contribution in [2.24, 2.45) is 0 Å². The molecular formula is C19H23N5O. The lowest BCUT2D eigenvalue weighted by Gasteiger charge is -2.32. The van der Waals surface area contributed by atoms with Crippen LogP contribution < -0.4 is 0 Å². The summed E-state index contributed by atoms with van der Waals surface area (Å²) in [6.45, 7) is 5.66. The van der Waals surface area contributed by atoms with Crippen molar-refractivity contribution in [2.75, 3.05) is 13.1 Å². The molecule has 25 heavy (non-hydrogen) atoms. The van der Waals surface area contributed by atoms with Gasteiger partial charge in [0.25, 0.3) is 5.91 Å². The topological polar surface area (TPSA) is 66.8 Å². The number of pyridine rings is 1. The van der Waals surface area contributed by atoms with Gasteiger partial charge in [0.15, 0.2) is 0 Å². The first-order valence-electron chi connectivity index (χ1n) is 8.89. The second-order valence-corrected chi connectivity index (χ2v) is 7.05. The zero-order chi connectivity index (χ0) is 17.4. The van der Waals surface area contributed by atoms with Crippen LogP contribution in [0.5, 0.6) is 0 Å². The third-order valence-electron chi connectivity index (χ3n) is 4.94. The molecule has 1 saturated heterocycles. The largest absolute Gasteiger partial charge is 0.357 e. The molecule has 1 unspecified atom stereocenters. The third-order valence-corrected chi connectivity index (χ3v) is 4.94. The maximum absolute atomic E-state index is 12.8. The van der Waals surface area contributed by atoms with Gasteiger partial charge < -0.3 is 9.88 Å². The van der Waals surface area contributed by atoms with Crippen LogP contribution >= 0.6 is 0 Å². The summed E-state index contributed by atoms with van der Waals surface area (Å²) in [5.41, 5.74) is 3.88. The molecule has 130 valence electrons. The Morgan fingerprint density at radius 2 is 2.28 bits per heavy atom. The first-order valence-corrected chi connectivity index (χ1v) is 8.89. The van der Waals surface area contributed by atoms with Crippen LogP contribution in [0.1, 0.15) is 54.7 Å². The number of fused-ring (bicyclic) bond motifs is 1. The van der Waals surface area contributed by atoms with Gasteiger partial charge in [-0.25, -0.2) is 0 Å². The lowest BCUT2D eigenvalue weighted by atomic mass is 9.94. The van der Waals surface area contributed by atoms with Crippen LogP contribution in [-0.2, 0) is 0 Å². The predicted octanol–water partition coefficient (Wildman–Crippen LogP) is 3.36. The van der Waals surface area contributed by atoms with Gasteiger partial charge in [-0.2, -0.15) is 5.10 Å². The third kappa shape index (κ3) is 3.04. The summed E-state index contributed by atoms with van der Waals surface area (Å²) in [4.78, 5) is 22.6. The number of nitrogens with one attached hydrogen (secondary N) is 1. The number of hydrogen-bond donors (Lipinski definition) is 1. The van der Waals surface area contributed by atoms with Gasteiger partial charge in [-0.3, -0.25) is 14.5 Å². The molecule has 0 aromatic carbocycles. The van der Waals surface area contributed by atoms with Gasteiger partial charge in [0.1, 0.15) is 0 Å². The van der Waals surface area contributed by atoms with E-state index in [1.54, 1.807) is 6.20 Å². The van der Waals surface area contributed by atoms with Crippen LogP contribution in [0.15, 0.2) is 36.8 Å². The number of carbonyl (C=O) groups excluding carboxylic acids is 1. The highest BCUT2D eigenvalue weighted by Crippen LogP contribution is 2.29. The highest BCUT2D eigenvalue weighted by molar-refractivity contribution is 5.93. The minimum atomic E-state index is 0.0748. The molecule has 1 amide bonds.